The molecular formula is C4H7O2P. The first-order valence-electron chi connectivity index (χ1n) is 2.18. The van der Waals surface area contributed by atoms with Crippen LogP contribution < -0.4 is 0 Å². The van der Waals surface area contributed by atoms with Gasteiger partial charge in [-0.2, -0.15) is 0 Å². The van der Waals surface area contributed by atoms with Crippen molar-refractivity contribution in [2.45, 2.75) is 6.42 Å². The van der Waals surface area contributed by atoms with E-state index in [1.54, 1.807) is 6.26 Å². The van der Waals surface area contributed by atoms with E-state index in [2.05, 4.69) is 0 Å². The molecule has 1 heterocycles. The van der Waals surface area contributed by atoms with Gasteiger partial charge >= 0.3 is 0 Å². The molecule has 2 nitrogen and oxygen atoms in total. The highest BCUT2D eigenvalue weighted by Crippen LogP contribution is 2.34. The van der Waals surface area contributed by atoms with Crippen molar-refractivity contribution < 1.29 is 9.42 Å². The molecule has 0 fully saturated rings. The summed E-state index contributed by atoms with van der Waals surface area (Å²) in [7, 11) is -1.08. The van der Waals surface area contributed by atoms with E-state index in [4.69, 9.17) is 9.42 Å². The zero-order valence-electron chi connectivity index (χ0n) is 3.87. The molecule has 1 aliphatic heterocycles. The Hall–Kier alpha value is -0.0700. The molecule has 0 bridgehead atoms. The summed E-state index contributed by atoms with van der Waals surface area (Å²) in [6, 6.07) is 0. The van der Waals surface area contributed by atoms with Crippen LogP contribution in [-0.4, -0.2) is 11.1 Å². The lowest BCUT2D eigenvalue weighted by Gasteiger charge is -2.09. The van der Waals surface area contributed by atoms with Crippen LogP contribution in [0.2, 0.25) is 0 Å². The number of allylic oxidation sites excluding steroid dienone is 1. The maximum atomic E-state index is 8.70. The second kappa shape index (κ2) is 2.29. The Morgan fingerprint density at radius 3 is 2.86 bits per heavy atom. The smallest absolute Gasteiger partial charge is 0.226 e. The summed E-state index contributed by atoms with van der Waals surface area (Å²) in [4.78, 5) is 8.70. The first-order valence-corrected chi connectivity index (χ1v) is 3.57. The van der Waals surface area contributed by atoms with E-state index in [1.165, 1.54) is 0 Å². The fraction of sp³-hybridized carbons (Fsp3) is 0.500. The van der Waals surface area contributed by atoms with Crippen molar-refractivity contribution in [3.05, 3.63) is 12.3 Å². The zero-order chi connectivity index (χ0) is 5.11. The standard InChI is InChI=1S/C4H7O2P/c5-7-4-2-1-3-6-7/h1,3,5H,2,4H2. The average molecular weight is 118 g/mol. The lowest BCUT2D eigenvalue weighted by molar-refractivity contribution is 0.429. The molecule has 0 aromatic rings. The minimum Gasteiger partial charge on any atom is -0.455 e. The Morgan fingerprint density at radius 1 is 1.71 bits per heavy atom. The fourth-order valence-electron chi connectivity index (χ4n) is 0.419. The van der Waals surface area contributed by atoms with Gasteiger partial charge in [-0.3, -0.25) is 0 Å². The molecule has 1 N–H and O–H groups in total. The summed E-state index contributed by atoms with van der Waals surface area (Å²) in [5.41, 5.74) is 0. The van der Waals surface area contributed by atoms with E-state index in [-0.39, 0.29) is 0 Å². The second-order valence-electron chi connectivity index (χ2n) is 1.34. The van der Waals surface area contributed by atoms with Crippen LogP contribution in [0.5, 0.6) is 0 Å². The molecule has 0 saturated heterocycles. The van der Waals surface area contributed by atoms with Gasteiger partial charge in [-0.15, -0.1) is 0 Å². The molecule has 0 aromatic carbocycles. The van der Waals surface area contributed by atoms with E-state index in [0.717, 1.165) is 12.6 Å². The van der Waals surface area contributed by atoms with Gasteiger partial charge in [0.2, 0.25) is 8.38 Å². The monoisotopic (exact) mass is 118 g/mol. The summed E-state index contributed by atoms with van der Waals surface area (Å²) in [5, 5.41) is 0. The number of hydrogen-bond donors (Lipinski definition) is 1. The van der Waals surface area contributed by atoms with Crippen molar-refractivity contribution >= 4 is 8.38 Å². The van der Waals surface area contributed by atoms with Crippen LogP contribution in [0, 0.1) is 0 Å². The average Bonchev–Trinajstić information content (AvgIpc) is 1.69. The first kappa shape index (κ1) is 5.07. The minimum absolute atomic E-state index is 0.797. The van der Waals surface area contributed by atoms with E-state index < -0.39 is 8.38 Å². The summed E-state index contributed by atoms with van der Waals surface area (Å²) < 4.78 is 4.72. The van der Waals surface area contributed by atoms with Crippen LogP contribution in [0.3, 0.4) is 0 Å². The third-order valence-electron chi connectivity index (χ3n) is 0.766. The van der Waals surface area contributed by atoms with Crippen molar-refractivity contribution in [2.24, 2.45) is 0 Å². The normalized spacial score (nSPS) is 29.6. The van der Waals surface area contributed by atoms with Crippen LogP contribution in [-0.2, 0) is 4.52 Å². The zero-order valence-corrected chi connectivity index (χ0v) is 4.77. The third-order valence-corrected chi connectivity index (χ3v) is 1.77. The van der Waals surface area contributed by atoms with E-state index in [0.29, 0.717) is 0 Å². The lowest BCUT2D eigenvalue weighted by atomic mass is 10.5. The summed E-state index contributed by atoms with van der Waals surface area (Å²) in [5.74, 6) is 0. The predicted octanol–water partition coefficient (Wildman–Crippen LogP) is 1.22. The van der Waals surface area contributed by atoms with E-state index >= 15 is 0 Å². The van der Waals surface area contributed by atoms with Crippen LogP contribution in [0.4, 0.5) is 0 Å². The highest BCUT2D eigenvalue weighted by molar-refractivity contribution is 7.46. The van der Waals surface area contributed by atoms with Gasteiger partial charge < -0.3 is 9.42 Å². The molecule has 1 rings (SSSR count). The number of rotatable bonds is 0. The van der Waals surface area contributed by atoms with E-state index in [1.807, 2.05) is 6.08 Å². The molecule has 7 heavy (non-hydrogen) atoms. The Morgan fingerprint density at radius 2 is 2.57 bits per heavy atom. The maximum absolute atomic E-state index is 8.70. The molecule has 3 heteroatoms. The molecule has 1 aliphatic rings. The van der Waals surface area contributed by atoms with Gasteiger partial charge in [0.15, 0.2) is 0 Å². The minimum atomic E-state index is -1.08. The molecule has 1 unspecified atom stereocenters. The Kier molecular flexibility index (Phi) is 1.66. The fourth-order valence-corrected chi connectivity index (χ4v) is 1.12. The van der Waals surface area contributed by atoms with E-state index in [9.17, 15) is 0 Å². The molecule has 0 spiro atoms. The Bertz CT molecular complexity index is 81.8. The molecule has 40 valence electrons. The summed E-state index contributed by atoms with van der Waals surface area (Å²) in [6.45, 7) is 0. The second-order valence-corrected chi connectivity index (χ2v) is 2.70. The van der Waals surface area contributed by atoms with Crippen LogP contribution in [0.25, 0.3) is 0 Å². The Balaban J connectivity index is 2.32. The van der Waals surface area contributed by atoms with Crippen LogP contribution >= 0.6 is 8.38 Å². The van der Waals surface area contributed by atoms with Crippen molar-refractivity contribution in [1.29, 1.82) is 0 Å². The van der Waals surface area contributed by atoms with Crippen LogP contribution in [0.1, 0.15) is 6.42 Å². The topological polar surface area (TPSA) is 29.5 Å². The first-order chi connectivity index (χ1) is 3.39. The molecule has 0 amide bonds. The third kappa shape index (κ3) is 1.46. The van der Waals surface area contributed by atoms with Crippen molar-refractivity contribution in [2.75, 3.05) is 6.16 Å². The molecule has 1 atom stereocenters. The predicted molar refractivity (Wildman–Crippen MR) is 28.8 cm³/mol. The number of hydrogen-bond acceptors (Lipinski definition) is 2. The SMILES string of the molecule is OP1CCC=CO1. The van der Waals surface area contributed by atoms with Gasteiger partial charge in [0, 0.05) is 6.16 Å². The quantitative estimate of drug-likeness (QED) is 0.484. The molecule has 0 aromatic heterocycles. The molecule has 0 radical (unpaired) electrons. The van der Waals surface area contributed by atoms with Gasteiger partial charge in [-0.1, -0.05) is 0 Å². The van der Waals surface area contributed by atoms with Gasteiger partial charge in [-0.05, 0) is 12.5 Å². The van der Waals surface area contributed by atoms with Gasteiger partial charge in [0.05, 0.1) is 6.26 Å². The van der Waals surface area contributed by atoms with Crippen molar-refractivity contribution in [1.82, 2.24) is 0 Å². The lowest BCUT2D eigenvalue weighted by Crippen LogP contribution is -1.87. The van der Waals surface area contributed by atoms with Crippen molar-refractivity contribution in [3.8, 4) is 0 Å². The molecule has 0 aliphatic carbocycles. The van der Waals surface area contributed by atoms with Gasteiger partial charge in [0.25, 0.3) is 0 Å². The Labute approximate surface area is 43.7 Å². The van der Waals surface area contributed by atoms with Gasteiger partial charge in [0.1, 0.15) is 0 Å². The largest absolute Gasteiger partial charge is 0.455 e. The summed E-state index contributed by atoms with van der Waals surface area (Å²) in [6.07, 6.45) is 5.23. The highest BCUT2D eigenvalue weighted by atomic mass is 31.2. The maximum Gasteiger partial charge on any atom is 0.226 e. The van der Waals surface area contributed by atoms with Crippen LogP contribution in [0.15, 0.2) is 12.3 Å². The summed E-state index contributed by atoms with van der Waals surface area (Å²) >= 11 is 0. The molecule has 0 saturated carbocycles. The highest BCUT2D eigenvalue weighted by Gasteiger charge is 2.04. The van der Waals surface area contributed by atoms with Gasteiger partial charge in [-0.25, -0.2) is 0 Å². The van der Waals surface area contributed by atoms with Crippen molar-refractivity contribution in [3.63, 3.8) is 0 Å². The molecular weight excluding hydrogens is 111 g/mol.